The Hall–Kier alpha value is -7.69. The highest BCUT2D eigenvalue weighted by atomic mass is 16.3. The van der Waals surface area contributed by atoms with Gasteiger partial charge in [-0.25, -0.2) is 4.98 Å². The number of rotatable bonds is 5. The van der Waals surface area contributed by atoms with Gasteiger partial charge in [0.15, 0.2) is 0 Å². The monoisotopic (exact) mass is 727 g/mol. The van der Waals surface area contributed by atoms with Gasteiger partial charge < -0.3 is 13.6 Å². The summed E-state index contributed by atoms with van der Waals surface area (Å²) in [6.07, 6.45) is 0. The van der Waals surface area contributed by atoms with Gasteiger partial charge in [-0.15, -0.1) is 0 Å². The Morgan fingerprint density at radius 3 is 1.84 bits per heavy atom. The summed E-state index contributed by atoms with van der Waals surface area (Å²) in [6.45, 7) is 0. The first-order chi connectivity index (χ1) is 28.3. The van der Waals surface area contributed by atoms with Gasteiger partial charge in [0.05, 0.1) is 39.1 Å². The molecule has 0 amide bonds. The third-order valence-corrected chi connectivity index (χ3v) is 11.5. The van der Waals surface area contributed by atoms with Crippen LogP contribution in [0.15, 0.2) is 205 Å². The van der Waals surface area contributed by atoms with Gasteiger partial charge in [0, 0.05) is 49.1 Å². The molecule has 0 aliphatic carbocycles. The lowest BCUT2D eigenvalue weighted by Gasteiger charge is -2.14. The zero-order chi connectivity index (χ0) is 37.5. The molecule has 0 spiro atoms. The summed E-state index contributed by atoms with van der Waals surface area (Å²) in [5.41, 5.74) is 14.6. The van der Waals surface area contributed by atoms with Crippen LogP contribution >= 0.6 is 0 Å². The molecule has 57 heavy (non-hydrogen) atoms. The van der Waals surface area contributed by atoms with Crippen molar-refractivity contribution in [3.8, 4) is 45.0 Å². The Labute approximate surface area is 328 Å². The van der Waals surface area contributed by atoms with Crippen molar-refractivity contribution in [2.75, 3.05) is 0 Å². The van der Waals surface area contributed by atoms with Gasteiger partial charge in [-0.3, -0.25) is 0 Å². The SMILES string of the molecule is c1ccc(-c2cccc(-c3cc(-n4c5ccccc5c5c4ccc4c6ccccc6n(-c6ccccc6)c45)cc(-c4cccc5c4oc4ccccc45)n3)c2)cc1. The Morgan fingerprint density at radius 1 is 0.368 bits per heavy atom. The van der Waals surface area contributed by atoms with E-state index in [0.29, 0.717) is 0 Å². The van der Waals surface area contributed by atoms with Crippen LogP contribution < -0.4 is 0 Å². The molecule has 0 aliphatic heterocycles. The second-order valence-corrected chi connectivity index (χ2v) is 14.7. The first-order valence-corrected chi connectivity index (χ1v) is 19.4. The van der Waals surface area contributed by atoms with Crippen LogP contribution in [0.2, 0.25) is 0 Å². The number of fused-ring (bicyclic) bond motifs is 10. The van der Waals surface area contributed by atoms with Crippen molar-refractivity contribution >= 4 is 65.6 Å². The normalized spacial score (nSPS) is 11.9. The molecule has 4 nitrogen and oxygen atoms in total. The molecule has 0 saturated heterocycles. The molecule has 0 atom stereocenters. The number of hydrogen-bond acceptors (Lipinski definition) is 2. The molecular formula is C53H33N3O. The molecule has 0 saturated carbocycles. The molecule has 0 radical (unpaired) electrons. The third kappa shape index (κ3) is 4.84. The van der Waals surface area contributed by atoms with Crippen LogP contribution in [0.1, 0.15) is 0 Å². The zero-order valence-electron chi connectivity index (χ0n) is 30.8. The van der Waals surface area contributed by atoms with Crippen molar-refractivity contribution < 1.29 is 4.42 Å². The minimum Gasteiger partial charge on any atom is -0.455 e. The highest BCUT2D eigenvalue weighted by molar-refractivity contribution is 6.26. The molecule has 12 rings (SSSR count). The van der Waals surface area contributed by atoms with Crippen LogP contribution in [0, 0.1) is 0 Å². The molecule has 4 heterocycles. The average molecular weight is 728 g/mol. The number of aromatic nitrogens is 3. The van der Waals surface area contributed by atoms with E-state index in [-0.39, 0.29) is 0 Å². The molecular weight excluding hydrogens is 695 g/mol. The predicted molar refractivity (Wildman–Crippen MR) is 237 cm³/mol. The van der Waals surface area contributed by atoms with Gasteiger partial charge in [0.2, 0.25) is 0 Å². The van der Waals surface area contributed by atoms with Gasteiger partial charge in [-0.05, 0) is 71.8 Å². The zero-order valence-corrected chi connectivity index (χ0v) is 30.8. The van der Waals surface area contributed by atoms with Crippen LogP contribution in [0.4, 0.5) is 0 Å². The van der Waals surface area contributed by atoms with E-state index in [1.165, 1.54) is 38.1 Å². The fraction of sp³-hybridized carbons (Fsp3) is 0. The average Bonchev–Trinajstić information content (AvgIpc) is 3.95. The molecule has 4 heteroatoms. The van der Waals surface area contributed by atoms with E-state index in [4.69, 9.17) is 9.40 Å². The van der Waals surface area contributed by atoms with E-state index < -0.39 is 0 Å². The highest BCUT2D eigenvalue weighted by Crippen LogP contribution is 2.43. The van der Waals surface area contributed by atoms with E-state index in [9.17, 15) is 0 Å². The summed E-state index contributed by atoms with van der Waals surface area (Å²) >= 11 is 0. The molecule has 8 aromatic carbocycles. The van der Waals surface area contributed by atoms with Crippen molar-refractivity contribution in [3.05, 3.63) is 200 Å². The van der Waals surface area contributed by atoms with Crippen molar-refractivity contribution in [2.24, 2.45) is 0 Å². The maximum absolute atomic E-state index is 6.61. The standard InChI is InChI=1S/C53H33N3O/c1-3-15-34(16-4-1)35-17-13-18-36(31-35)45-32-38(33-46(54-45)43-25-14-24-42-40-22-9-12-28-50(40)57-53(42)43)55-48-27-11-8-23-44(48)51-49(55)30-29-41-39-21-7-10-26-47(39)56(52(41)51)37-19-5-2-6-20-37/h1-33H. The maximum Gasteiger partial charge on any atom is 0.144 e. The Kier molecular flexibility index (Phi) is 6.89. The molecule has 4 aromatic heterocycles. The predicted octanol–water partition coefficient (Wildman–Crippen LogP) is 14.2. The van der Waals surface area contributed by atoms with Gasteiger partial charge in [-0.2, -0.15) is 0 Å². The van der Waals surface area contributed by atoms with Crippen molar-refractivity contribution in [1.29, 1.82) is 0 Å². The summed E-state index contributed by atoms with van der Waals surface area (Å²) in [6, 6.07) is 71.3. The van der Waals surface area contributed by atoms with Crippen LogP contribution in [0.5, 0.6) is 0 Å². The minimum atomic E-state index is 0.837. The number of hydrogen-bond donors (Lipinski definition) is 0. The van der Waals surface area contributed by atoms with Gasteiger partial charge in [0.25, 0.3) is 0 Å². The van der Waals surface area contributed by atoms with Crippen molar-refractivity contribution in [3.63, 3.8) is 0 Å². The van der Waals surface area contributed by atoms with Crippen molar-refractivity contribution in [1.82, 2.24) is 14.1 Å². The quantitative estimate of drug-likeness (QED) is 0.177. The molecule has 266 valence electrons. The van der Waals surface area contributed by atoms with E-state index in [0.717, 1.165) is 72.4 Å². The summed E-state index contributed by atoms with van der Waals surface area (Å²) in [4.78, 5) is 5.45. The van der Waals surface area contributed by atoms with E-state index in [2.05, 4.69) is 197 Å². The number of furan rings is 1. The van der Waals surface area contributed by atoms with Crippen molar-refractivity contribution in [2.45, 2.75) is 0 Å². The molecule has 0 unspecified atom stereocenters. The molecule has 0 aliphatic rings. The van der Waals surface area contributed by atoms with Gasteiger partial charge >= 0.3 is 0 Å². The second-order valence-electron chi connectivity index (χ2n) is 14.7. The van der Waals surface area contributed by atoms with Crippen LogP contribution in [0.25, 0.3) is 111 Å². The first kappa shape index (κ1) is 31.6. The Bertz CT molecular complexity index is 3520. The van der Waals surface area contributed by atoms with Crippen LogP contribution in [0.3, 0.4) is 0 Å². The smallest absolute Gasteiger partial charge is 0.144 e. The van der Waals surface area contributed by atoms with E-state index >= 15 is 0 Å². The van der Waals surface area contributed by atoms with Gasteiger partial charge in [0.1, 0.15) is 11.2 Å². The fourth-order valence-corrected chi connectivity index (χ4v) is 9.00. The van der Waals surface area contributed by atoms with Gasteiger partial charge in [-0.1, -0.05) is 140 Å². The topological polar surface area (TPSA) is 35.9 Å². The second kappa shape index (κ2) is 12.4. The van der Waals surface area contributed by atoms with Crippen LogP contribution in [-0.2, 0) is 0 Å². The summed E-state index contributed by atoms with van der Waals surface area (Å²) in [5.74, 6) is 0. The van der Waals surface area contributed by atoms with E-state index in [1.807, 2.05) is 12.1 Å². The Morgan fingerprint density at radius 2 is 1.00 bits per heavy atom. The molecule has 0 N–H and O–H groups in total. The number of nitrogens with zero attached hydrogens (tertiary/aromatic N) is 3. The summed E-state index contributed by atoms with van der Waals surface area (Å²) in [5, 5.41) is 7.06. The maximum atomic E-state index is 6.61. The minimum absolute atomic E-state index is 0.837. The summed E-state index contributed by atoms with van der Waals surface area (Å²) in [7, 11) is 0. The lowest BCUT2D eigenvalue weighted by atomic mass is 10.0. The van der Waals surface area contributed by atoms with Crippen LogP contribution in [-0.4, -0.2) is 14.1 Å². The lowest BCUT2D eigenvalue weighted by Crippen LogP contribution is -1.99. The first-order valence-electron chi connectivity index (χ1n) is 19.4. The van der Waals surface area contributed by atoms with E-state index in [1.54, 1.807) is 0 Å². The number of pyridine rings is 1. The highest BCUT2D eigenvalue weighted by Gasteiger charge is 2.22. The third-order valence-electron chi connectivity index (χ3n) is 11.5. The lowest BCUT2D eigenvalue weighted by molar-refractivity contribution is 0.670. The molecule has 0 bridgehead atoms. The Balaban J connectivity index is 1.18. The molecule has 12 aromatic rings. The molecule has 0 fully saturated rings. The summed E-state index contributed by atoms with van der Waals surface area (Å²) < 4.78 is 11.5. The largest absolute Gasteiger partial charge is 0.455 e. The number of benzene rings is 8. The fourth-order valence-electron chi connectivity index (χ4n) is 9.00. The number of para-hydroxylation sites is 5.